The predicted octanol–water partition coefficient (Wildman–Crippen LogP) is 2.64. The quantitative estimate of drug-likeness (QED) is 0.942. The van der Waals surface area contributed by atoms with Gasteiger partial charge in [-0.05, 0) is 55.1 Å². The molecule has 0 spiro atoms. The highest BCUT2D eigenvalue weighted by atomic mass is 16.5. The summed E-state index contributed by atoms with van der Waals surface area (Å²) in [4.78, 5) is 16.7. The summed E-state index contributed by atoms with van der Waals surface area (Å²) in [6.07, 6.45) is 5.77. The molecule has 3 aliphatic rings. The van der Waals surface area contributed by atoms with Crippen LogP contribution in [0.1, 0.15) is 25.0 Å². The molecule has 3 fully saturated rings. The average Bonchev–Trinajstić information content (AvgIpc) is 2.96. The third-order valence-electron chi connectivity index (χ3n) is 5.96. The van der Waals surface area contributed by atoms with Crippen LogP contribution in [0.15, 0.2) is 35.0 Å². The Morgan fingerprint density at radius 2 is 2.04 bits per heavy atom. The number of pyridine rings is 1. The van der Waals surface area contributed by atoms with Gasteiger partial charge >= 0.3 is 0 Å². The van der Waals surface area contributed by atoms with Crippen LogP contribution in [0.25, 0.3) is 11.4 Å². The molecule has 5 atom stereocenters. The Bertz CT molecular complexity index is 726. The smallest absolute Gasteiger partial charge is 0.224 e. The second-order valence-electron chi connectivity index (χ2n) is 7.12. The largest absolute Gasteiger partial charge is 0.359 e. The minimum atomic E-state index is 0.201. The number of carbonyl (C=O) groups excluding carboxylic acids is 1. The fraction of sp³-hybridized carbons (Fsp3) is 0.500. The Balaban J connectivity index is 1.21. The Labute approximate surface area is 134 Å². The lowest BCUT2D eigenvalue weighted by Gasteiger charge is -2.08. The van der Waals surface area contributed by atoms with Crippen LogP contribution in [0, 0.1) is 29.6 Å². The van der Waals surface area contributed by atoms with Crippen molar-refractivity contribution in [1.82, 2.24) is 15.5 Å². The van der Waals surface area contributed by atoms with E-state index < -0.39 is 0 Å². The molecule has 0 saturated heterocycles. The summed E-state index contributed by atoms with van der Waals surface area (Å²) in [5, 5.41) is 7.06. The van der Waals surface area contributed by atoms with Crippen LogP contribution in [-0.4, -0.2) is 16.0 Å². The molecule has 1 N–H and O–H groups in total. The van der Waals surface area contributed by atoms with Gasteiger partial charge in [-0.1, -0.05) is 11.2 Å². The second kappa shape index (κ2) is 4.91. The van der Waals surface area contributed by atoms with Gasteiger partial charge in [0.05, 0.1) is 12.2 Å². The Morgan fingerprint density at radius 1 is 1.22 bits per heavy atom. The molecule has 5 heteroatoms. The molecule has 3 saturated carbocycles. The van der Waals surface area contributed by atoms with Gasteiger partial charge in [0.1, 0.15) is 5.69 Å². The molecule has 0 aliphatic heterocycles. The Hall–Kier alpha value is -2.17. The zero-order valence-electron chi connectivity index (χ0n) is 12.8. The minimum Gasteiger partial charge on any atom is -0.359 e. The zero-order chi connectivity index (χ0) is 15.4. The highest BCUT2D eigenvalue weighted by Crippen LogP contribution is 2.69. The average molecular weight is 309 g/mol. The normalized spacial score (nSPS) is 33.5. The molecule has 118 valence electrons. The number of hydrogen-bond donors (Lipinski definition) is 1. The van der Waals surface area contributed by atoms with Gasteiger partial charge in [0.15, 0.2) is 5.76 Å². The van der Waals surface area contributed by atoms with E-state index in [0.717, 1.165) is 17.5 Å². The van der Waals surface area contributed by atoms with E-state index in [9.17, 15) is 4.79 Å². The van der Waals surface area contributed by atoms with Crippen molar-refractivity contribution < 1.29 is 9.32 Å². The van der Waals surface area contributed by atoms with Gasteiger partial charge in [0, 0.05) is 18.2 Å². The maximum Gasteiger partial charge on any atom is 0.224 e. The van der Waals surface area contributed by atoms with Crippen LogP contribution < -0.4 is 5.32 Å². The van der Waals surface area contributed by atoms with E-state index in [-0.39, 0.29) is 11.8 Å². The summed E-state index contributed by atoms with van der Waals surface area (Å²) in [5.41, 5.74) is 1.48. The first-order valence-electron chi connectivity index (χ1n) is 8.46. The summed E-state index contributed by atoms with van der Waals surface area (Å²) in [6.45, 7) is 0.407. The van der Waals surface area contributed by atoms with Gasteiger partial charge in [0.2, 0.25) is 5.91 Å². The fourth-order valence-corrected chi connectivity index (χ4v) is 5.00. The minimum absolute atomic E-state index is 0.201. The molecule has 5 rings (SSSR count). The maximum atomic E-state index is 12.4. The summed E-state index contributed by atoms with van der Waals surface area (Å²) in [5.74, 6) is 4.13. The molecule has 0 aromatic carbocycles. The monoisotopic (exact) mass is 309 g/mol. The van der Waals surface area contributed by atoms with Crippen LogP contribution in [0.4, 0.5) is 0 Å². The first-order valence-corrected chi connectivity index (χ1v) is 8.46. The third kappa shape index (κ3) is 2.10. The van der Waals surface area contributed by atoms with Crippen LogP contribution in [0.2, 0.25) is 0 Å². The van der Waals surface area contributed by atoms with Crippen molar-refractivity contribution in [3.63, 3.8) is 0 Å². The van der Waals surface area contributed by atoms with E-state index in [4.69, 9.17) is 4.52 Å². The van der Waals surface area contributed by atoms with Gasteiger partial charge in [-0.15, -0.1) is 0 Å². The first kappa shape index (κ1) is 13.3. The SMILES string of the molecule is O=C(NCc1cc(-c2ccccn2)no1)C1[C@@H]2[C@H]3CC[C@H](C3)[C@H]12. The number of hydrogen-bond acceptors (Lipinski definition) is 4. The number of aromatic nitrogens is 2. The number of rotatable bonds is 4. The van der Waals surface area contributed by atoms with Crippen LogP contribution >= 0.6 is 0 Å². The highest BCUT2D eigenvalue weighted by Gasteiger charge is 2.67. The Kier molecular flexibility index (Phi) is 2.84. The van der Waals surface area contributed by atoms with Crippen LogP contribution in [0.5, 0.6) is 0 Å². The molecule has 23 heavy (non-hydrogen) atoms. The van der Waals surface area contributed by atoms with Crippen molar-refractivity contribution >= 4 is 5.91 Å². The van der Waals surface area contributed by atoms with E-state index in [1.54, 1.807) is 6.20 Å². The number of nitrogens with one attached hydrogen (secondary N) is 1. The predicted molar refractivity (Wildman–Crippen MR) is 82.9 cm³/mol. The molecule has 2 bridgehead atoms. The van der Waals surface area contributed by atoms with Crippen LogP contribution in [-0.2, 0) is 11.3 Å². The van der Waals surface area contributed by atoms with E-state index in [1.807, 2.05) is 24.3 Å². The molecule has 1 amide bonds. The number of nitrogens with zero attached hydrogens (tertiary/aromatic N) is 2. The van der Waals surface area contributed by atoms with Gasteiger partial charge in [-0.3, -0.25) is 9.78 Å². The first-order chi connectivity index (χ1) is 11.3. The third-order valence-corrected chi connectivity index (χ3v) is 5.96. The topological polar surface area (TPSA) is 68.0 Å². The Morgan fingerprint density at radius 3 is 2.78 bits per heavy atom. The molecule has 2 aromatic rings. The lowest BCUT2D eigenvalue weighted by molar-refractivity contribution is -0.123. The van der Waals surface area contributed by atoms with Crippen molar-refractivity contribution in [3.8, 4) is 11.4 Å². The van der Waals surface area contributed by atoms with Gasteiger partial charge in [0.25, 0.3) is 0 Å². The molecule has 1 unspecified atom stereocenters. The molecular weight excluding hydrogens is 290 g/mol. The fourth-order valence-electron chi connectivity index (χ4n) is 5.00. The van der Waals surface area contributed by atoms with E-state index in [2.05, 4.69) is 15.5 Å². The summed E-state index contributed by atoms with van der Waals surface area (Å²) >= 11 is 0. The summed E-state index contributed by atoms with van der Waals surface area (Å²) in [6, 6.07) is 7.52. The van der Waals surface area contributed by atoms with Crippen molar-refractivity contribution in [2.24, 2.45) is 29.6 Å². The van der Waals surface area contributed by atoms with Gasteiger partial charge in [-0.2, -0.15) is 0 Å². The highest BCUT2D eigenvalue weighted by molar-refractivity contribution is 5.82. The van der Waals surface area contributed by atoms with E-state index >= 15 is 0 Å². The maximum absolute atomic E-state index is 12.4. The summed E-state index contributed by atoms with van der Waals surface area (Å²) in [7, 11) is 0. The molecule has 2 aromatic heterocycles. The number of amides is 1. The van der Waals surface area contributed by atoms with Crippen molar-refractivity contribution in [2.75, 3.05) is 0 Å². The van der Waals surface area contributed by atoms with Gasteiger partial charge in [-0.25, -0.2) is 0 Å². The lowest BCUT2D eigenvalue weighted by Crippen LogP contribution is -2.26. The molecular formula is C18H19N3O2. The van der Waals surface area contributed by atoms with Gasteiger partial charge < -0.3 is 9.84 Å². The van der Waals surface area contributed by atoms with Crippen LogP contribution in [0.3, 0.4) is 0 Å². The van der Waals surface area contributed by atoms with E-state index in [0.29, 0.717) is 29.8 Å². The molecule has 5 nitrogen and oxygen atoms in total. The number of fused-ring (bicyclic) bond motifs is 5. The molecule has 0 radical (unpaired) electrons. The number of carbonyl (C=O) groups is 1. The summed E-state index contributed by atoms with van der Waals surface area (Å²) < 4.78 is 5.31. The van der Waals surface area contributed by atoms with E-state index in [1.165, 1.54) is 19.3 Å². The molecule has 2 heterocycles. The van der Waals surface area contributed by atoms with Crippen molar-refractivity contribution in [2.45, 2.75) is 25.8 Å². The van der Waals surface area contributed by atoms with Crippen molar-refractivity contribution in [1.29, 1.82) is 0 Å². The standard InChI is InChI=1S/C18H19N3O2/c22-18(17-15-10-4-5-11(7-10)16(15)17)20-9-12-8-14(21-23-12)13-3-1-2-6-19-13/h1-3,6,8,10-11,15-17H,4-5,7,9H2,(H,20,22)/t10-,11+,15+,16-,17?. The molecule has 3 aliphatic carbocycles. The second-order valence-corrected chi connectivity index (χ2v) is 7.12. The lowest BCUT2D eigenvalue weighted by atomic mass is 10.0. The van der Waals surface area contributed by atoms with Crippen molar-refractivity contribution in [3.05, 3.63) is 36.2 Å². The zero-order valence-corrected chi connectivity index (χ0v) is 12.8.